The number of benzene rings is 1. The predicted octanol–water partition coefficient (Wildman–Crippen LogP) is 4.50. The molecule has 1 fully saturated rings. The van der Waals surface area contributed by atoms with Gasteiger partial charge in [0.1, 0.15) is 12.3 Å². The number of rotatable bonds is 8. The van der Waals surface area contributed by atoms with Gasteiger partial charge in [-0.25, -0.2) is 4.79 Å². The molecule has 2 aromatic heterocycles. The molecule has 1 saturated carbocycles. The van der Waals surface area contributed by atoms with E-state index in [1.807, 2.05) is 36.0 Å². The van der Waals surface area contributed by atoms with Gasteiger partial charge in [0.25, 0.3) is 0 Å². The molecule has 1 aromatic carbocycles. The number of aromatic nitrogens is 1. The Morgan fingerprint density at radius 1 is 1.16 bits per heavy atom. The van der Waals surface area contributed by atoms with E-state index >= 15 is 0 Å². The molecular formula is C23H25ClN4O3. The number of furan rings is 1. The fourth-order valence-electron chi connectivity index (χ4n) is 3.44. The molecule has 7 nitrogen and oxygen atoms in total. The van der Waals surface area contributed by atoms with Crippen molar-refractivity contribution in [3.05, 3.63) is 77.5 Å². The first-order chi connectivity index (χ1) is 15.0. The van der Waals surface area contributed by atoms with Crippen LogP contribution in [-0.4, -0.2) is 38.9 Å². The largest absolute Gasteiger partial charge is 0.467 e. The van der Waals surface area contributed by atoms with E-state index < -0.39 is 0 Å². The van der Waals surface area contributed by atoms with Crippen LogP contribution in [0.2, 0.25) is 5.02 Å². The Morgan fingerprint density at radius 2 is 2.00 bits per heavy atom. The van der Waals surface area contributed by atoms with E-state index in [4.69, 9.17) is 16.0 Å². The highest BCUT2D eigenvalue weighted by Gasteiger charge is 2.35. The van der Waals surface area contributed by atoms with Crippen LogP contribution in [0.25, 0.3) is 0 Å². The molecule has 0 unspecified atom stereocenters. The number of nitrogens with one attached hydrogen (secondary N) is 1. The summed E-state index contributed by atoms with van der Waals surface area (Å²) in [7, 11) is 1.94. The lowest BCUT2D eigenvalue weighted by Crippen LogP contribution is -2.45. The second-order valence-corrected chi connectivity index (χ2v) is 8.18. The molecule has 1 aliphatic carbocycles. The number of carbonyl (C=O) groups excluding carboxylic acids is 2. The topological polar surface area (TPSA) is 70.7 Å². The number of anilines is 1. The summed E-state index contributed by atoms with van der Waals surface area (Å²) in [6.45, 7) is 0.769. The fourth-order valence-corrected chi connectivity index (χ4v) is 3.63. The van der Waals surface area contributed by atoms with Crippen LogP contribution >= 0.6 is 11.6 Å². The van der Waals surface area contributed by atoms with Crippen LogP contribution < -0.4 is 5.32 Å². The standard InChI is InChI=1S/C23H25ClN4O3/c1-26-11-3-7-20(26)14-27(15-21-8-4-12-31-21)22(29)16-28(19-9-10-19)23(30)25-18-6-2-5-17(24)13-18/h2-8,11-13,19H,9-10,14-16H2,1H3,(H,25,30). The van der Waals surface area contributed by atoms with Crippen molar-refractivity contribution in [2.75, 3.05) is 11.9 Å². The normalized spacial score (nSPS) is 13.1. The number of halogens is 1. The third-order valence-corrected chi connectivity index (χ3v) is 5.55. The lowest BCUT2D eigenvalue weighted by molar-refractivity contribution is -0.133. The minimum absolute atomic E-state index is 0.00218. The Hall–Kier alpha value is -3.19. The van der Waals surface area contributed by atoms with Gasteiger partial charge in [-0.1, -0.05) is 17.7 Å². The van der Waals surface area contributed by atoms with Crippen LogP contribution in [0.1, 0.15) is 24.3 Å². The number of urea groups is 1. The maximum atomic E-state index is 13.3. The zero-order valence-corrected chi connectivity index (χ0v) is 18.1. The molecule has 31 heavy (non-hydrogen) atoms. The van der Waals surface area contributed by atoms with E-state index in [-0.39, 0.29) is 24.5 Å². The monoisotopic (exact) mass is 440 g/mol. The molecule has 8 heteroatoms. The maximum absolute atomic E-state index is 13.3. The van der Waals surface area contributed by atoms with Crippen molar-refractivity contribution < 1.29 is 14.0 Å². The summed E-state index contributed by atoms with van der Waals surface area (Å²) in [4.78, 5) is 29.6. The number of hydrogen-bond acceptors (Lipinski definition) is 3. The van der Waals surface area contributed by atoms with Gasteiger partial charge in [0.05, 0.1) is 19.4 Å². The summed E-state index contributed by atoms with van der Waals surface area (Å²) in [6.07, 6.45) is 5.33. The van der Waals surface area contributed by atoms with E-state index in [1.165, 1.54) is 0 Å². The van der Waals surface area contributed by atoms with Crippen LogP contribution in [-0.2, 0) is 24.9 Å². The molecule has 3 amide bonds. The van der Waals surface area contributed by atoms with Crippen molar-refractivity contribution in [3.8, 4) is 0 Å². The summed E-state index contributed by atoms with van der Waals surface area (Å²) in [5.74, 6) is 0.564. The summed E-state index contributed by atoms with van der Waals surface area (Å²) in [5.41, 5.74) is 1.60. The summed E-state index contributed by atoms with van der Waals surface area (Å²) in [5, 5.41) is 3.40. The van der Waals surface area contributed by atoms with Crippen LogP contribution in [0.5, 0.6) is 0 Å². The highest BCUT2D eigenvalue weighted by molar-refractivity contribution is 6.30. The van der Waals surface area contributed by atoms with Gasteiger partial charge in [0.2, 0.25) is 5.91 Å². The number of nitrogens with zero attached hydrogens (tertiary/aromatic N) is 3. The first-order valence-corrected chi connectivity index (χ1v) is 10.6. The van der Waals surface area contributed by atoms with E-state index in [0.29, 0.717) is 29.6 Å². The number of hydrogen-bond donors (Lipinski definition) is 1. The summed E-state index contributed by atoms with van der Waals surface area (Å²) >= 11 is 6.02. The molecule has 0 radical (unpaired) electrons. The average Bonchev–Trinajstić information content (AvgIpc) is 3.29. The minimum atomic E-state index is -0.296. The van der Waals surface area contributed by atoms with Gasteiger partial charge in [-0.2, -0.15) is 0 Å². The van der Waals surface area contributed by atoms with Gasteiger partial charge < -0.3 is 24.1 Å². The Balaban J connectivity index is 1.48. The van der Waals surface area contributed by atoms with Crippen LogP contribution in [0.4, 0.5) is 10.5 Å². The van der Waals surface area contributed by atoms with Crippen molar-refractivity contribution in [2.24, 2.45) is 7.05 Å². The molecule has 162 valence electrons. The molecule has 0 atom stereocenters. The molecule has 1 N–H and O–H groups in total. The Morgan fingerprint density at radius 3 is 2.65 bits per heavy atom. The fraction of sp³-hybridized carbons (Fsp3) is 0.304. The van der Waals surface area contributed by atoms with Gasteiger partial charge >= 0.3 is 6.03 Å². The van der Waals surface area contributed by atoms with E-state index in [9.17, 15) is 9.59 Å². The van der Waals surface area contributed by atoms with E-state index in [2.05, 4.69) is 5.32 Å². The molecule has 0 aliphatic heterocycles. The molecular weight excluding hydrogens is 416 g/mol. The third-order valence-electron chi connectivity index (χ3n) is 5.31. The number of carbonyl (C=O) groups is 2. The summed E-state index contributed by atoms with van der Waals surface area (Å²) in [6, 6.07) is 14.3. The Labute approximate surface area is 186 Å². The van der Waals surface area contributed by atoms with Crippen LogP contribution in [0.3, 0.4) is 0 Å². The number of aryl methyl sites for hydroxylation is 1. The first kappa shape index (κ1) is 21.1. The van der Waals surface area contributed by atoms with Crippen LogP contribution in [0, 0.1) is 0 Å². The number of amides is 3. The SMILES string of the molecule is Cn1cccc1CN(Cc1ccco1)C(=O)CN(C(=O)Nc1cccc(Cl)c1)C1CC1. The highest BCUT2D eigenvalue weighted by Crippen LogP contribution is 2.28. The van der Waals surface area contributed by atoms with Crippen molar-refractivity contribution in [3.63, 3.8) is 0 Å². The minimum Gasteiger partial charge on any atom is -0.467 e. The smallest absolute Gasteiger partial charge is 0.322 e. The van der Waals surface area contributed by atoms with Gasteiger partial charge in [0, 0.05) is 35.7 Å². The maximum Gasteiger partial charge on any atom is 0.322 e. The molecule has 4 rings (SSSR count). The molecule has 1 aliphatic rings. The highest BCUT2D eigenvalue weighted by atomic mass is 35.5. The lowest BCUT2D eigenvalue weighted by atomic mass is 10.3. The third kappa shape index (κ3) is 5.49. The van der Waals surface area contributed by atoms with Crippen molar-refractivity contribution in [1.29, 1.82) is 0 Å². The van der Waals surface area contributed by atoms with Gasteiger partial charge in [-0.3, -0.25) is 4.79 Å². The van der Waals surface area contributed by atoms with Gasteiger partial charge in [0.15, 0.2) is 0 Å². The second kappa shape index (κ2) is 9.31. The van der Waals surface area contributed by atoms with Crippen LogP contribution in [0.15, 0.2) is 65.4 Å². The zero-order chi connectivity index (χ0) is 21.8. The van der Waals surface area contributed by atoms with Crippen molar-refractivity contribution in [2.45, 2.75) is 32.0 Å². The molecule has 0 spiro atoms. The average molecular weight is 441 g/mol. The van der Waals surface area contributed by atoms with Crippen molar-refractivity contribution >= 4 is 29.2 Å². The second-order valence-electron chi connectivity index (χ2n) is 7.74. The summed E-state index contributed by atoms with van der Waals surface area (Å²) < 4.78 is 7.44. The van der Waals surface area contributed by atoms with Gasteiger partial charge in [-0.15, -0.1) is 0 Å². The molecule has 0 saturated heterocycles. The molecule has 3 aromatic rings. The zero-order valence-electron chi connectivity index (χ0n) is 17.3. The molecule has 2 heterocycles. The Bertz CT molecular complexity index is 1040. The van der Waals surface area contributed by atoms with Crippen molar-refractivity contribution in [1.82, 2.24) is 14.4 Å². The predicted molar refractivity (Wildman–Crippen MR) is 119 cm³/mol. The quantitative estimate of drug-likeness (QED) is 0.560. The van der Waals surface area contributed by atoms with E-state index in [1.54, 1.807) is 46.4 Å². The Kier molecular flexibility index (Phi) is 6.32. The van der Waals surface area contributed by atoms with E-state index in [0.717, 1.165) is 18.5 Å². The molecule has 0 bridgehead atoms. The first-order valence-electron chi connectivity index (χ1n) is 10.2. The lowest BCUT2D eigenvalue weighted by Gasteiger charge is -2.27. The van der Waals surface area contributed by atoms with Gasteiger partial charge in [-0.05, 0) is 55.3 Å².